The lowest BCUT2D eigenvalue weighted by Crippen LogP contribution is -2.21. The van der Waals surface area contributed by atoms with Crippen molar-refractivity contribution in [2.24, 2.45) is 5.73 Å². The summed E-state index contributed by atoms with van der Waals surface area (Å²) in [6.45, 7) is 0.135. The van der Waals surface area contributed by atoms with Crippen molar-refractivity contribution in [1.29, 1.82) is 0 Å². The summed E-state index contributed by atoms with van der Waals surface area (Å²) in [6, 6.07) is 7.70. The van der Waals surface area contributed by atoms with Gasteiger partial charge in [-0.15, -0.1) is 0 Å². The van der Waals surface area contributed by atoms with Crippen molar-refractivity contribution in [2.75, 3.05) is 13.7 Å². The minimum absolute atomic E-state index is 0.0980. The van der Waals surface area contributed by atoms with Crippen molar-refractivity contribution < 1.29 is 32.6 Å². The van der Waals surface area contributed by atoms with Crippen LogP contribution < -0.4 is 10.5 Å². The zero-order valence-electron chi connectivity index (χ0n) is 11.3. The van der Waals surface area contributed by atoms with E-state index in [2.05, 4.69) is 0 Å². The second-order valence-corrected chi connectivity index (χ2v) is 3.89. The molecule has 118 valence electrons. The number of aryl methyl sites for hydroxylation is 1. The number of hydrogen-bond donors (Lipinski definition) is 2. The molecular formula is C13H16F3NO4. The molecule has 0 aliphatic carbocycles. The maximum atomic E-state index is 11.0. The van der Waals surface area contributed by atoms with Gasteiger partial charge >= 0.3 is 12.1 Å². The van der Waals surface area contributed by atoms with Crippen molar-refractivity contribution in [3.8, 4) is 5.75 Å². The first-order chi connectivity index (χ1) is 9.70. The molecule has 0 saturated heterocycles. The molecule has 1 aromatic rings. The fourth-order valence-corrected chi connectivity index (χ4v) is 1.18. The Morgan fingerprint density at radius 2 is 1.71 bits per heavy atom. The Bertz CT molecular complexity index is 457. The highest BCUT2D eigenvalue weighted by molar-refractivity contribution is 5.80. The summed E-state index contributed by atoms with van der Waals surface area (Å²) < 4.78 is 36.8. The molecule has 0 saturated carbocycles. The molecule has 8 heteroatoms. The lowest BCUT2D eigenvalue weighted by Gasteiger charge is -2.02. The molecule has 0 atom stereocenters. The van der Waals surface area contributed by atoms with Crippen LogP contribution in [0.1, 0.15) is 12.0 Å². The summed E-state index contributed by atoms with van der Waals surface area (Å²) in [5.41, 5.74) is 6.34. The topological polar surface area (TPSA) is 89.6 Å². The third-order valence-electron chi connectivity index (χ3n) is 2.32. The summed E-state index contributed by atoms with van der Waals surface area (Å²) in [7, 11) is 1.63. The molecule has 0 heterocycles. The van der Waals surface area contributed by atoms with Gasteiger partial charge in [0.25, 0.3) is 0 Å². The number of nitrogens with two attached hydrogens (primary N) is 1. The van der Waals surface area contributed by atoms with Gasteiger partial charge in [-0.2, -0.15) is 13.2 Å². The number of aliphatic carboxylic acids is 1. The SMILES string of the molecule is COc1ccc(CCC(=O)CN)cc1.O=C(O)C(F)(F)F. The molecule has 0 bridgehead atoms. The standard InChI is InChI=1S/C11H15NO2.C2HF3O2/c1-14-11-6-3-9(4-7-11)2-5-10(13)8-12;3-2(4,5)1(6)7/h3-4,6-7H,2,5,8,12H2,1H3;(H,6,7). The first kappa shape index (κ1) is 18.9. The van der Waals surface area contributed by atoms with Crippen LogP contribution in [-0.4, -0.2) is 36.7 Å². The van der Waals surface area contributed by atoms with Crippen LogP contribution in [0, 0.1) is 0 Å². The smallest absolute Gasteiger partial charge is 0.490 e. The number of carboxylic acids is 1. The molecule has 1 rings (SSSR count). The Kier molecular flexibility index (Phi) is 8.07. The van der Waals surface area contributed by atoms with Gasteiger partial charge in [-0.3, -0.25) is 4.79 Å². The van der Waals surface area contributed by atoms with Crippen LogP contribution in [0.3, 0.4) is 0 Å². The van der Waals surface area contributed by atoms with Crippen LogP contribution in [-0.2, 0) is 16.0 Å². The Balaban J connectivity index is 0.000000486. The highest BCUT2D eigenvalue weighted by atomic mass is 19.4. The van der Waals surface area contributed by atoms with E-state index in [-0.39, 0.29) is 12.3 Å². The van der Waals surface area contributed by atoms with Gasteiger partial charge in [-0.05, 0) is 24.1 Å². The van der Waals surface area contributed by atoms with E-state index in [1.165, 1.54) is 0 Å². The summed E-state index contributed by atoms with van der Waals surface area (Å²) >= 11 is 0. The van der Waals surface area contributed by atoms with Gasteiger partial charge in [0.15, 0.2) is 0 Å². The van der Waals surface area contributed by atoms with E-state index in [1.807, 2.05) is 24.3 Å². The Morgan fingerprint density at radius 1 is 1.24 bits per heavy atom. The predicted octanol–water partition coefficient (Wildman–Crippen LogP) is 1.79. The van der Waals surface area contributed by atoms with Crippen LogP contribution in [0.4, 0.5) is 13.2 Å². The van der Waals surface area contributed by atoms with E-state index in [9.17, 15) is 18.0 Å². The van der Waals surface area contributed by atoms with E-state index in [1.54, 1.807) is 7.11 Å². The Hall–Kier alpha value is -2.09. The molecule has 3 N–H and O–H groups in total. The summed E-state index contributed by atoms with van der Waals surface area (Å²) in [5.74, 6) is -1.83. The number of Topliss-reactive ketones (excluding diaryl/α,β-unsaturated/α-hetero) is 1. The van der Waals surface area contributed by atoms with Crippen molar-refractivity contribution in [2.45, 2.75) is 19.0 Å². The fraction of sp³-hybridized carbons (Fsp3) is 0.385. The molecule has 0 fully saturated rings. The third kappa shape index (κ3) is 8.64. The van der Waals surface area contributed by atoms with Crippen molar-refractivity contribution in [1.82, 2.24) is 0 Å². The highest BCUT2D eigenvalue weighted by Crippen LogP contribution is 2.13. The van der Waals surface area contributed by atoms with Gasteiger partial charge in [-0.25, -0.2) is 4.79 Å². The van der Waals surface area contributed by atoms with E-state index < -0.39 is 12.1 Å². The molecule has 0 amide bonds. The quantitative estimate of drug-likeness (QED) is 0.865. The largest absolute Gasteiger partial charge is 0.497 e. The normalized spacial score (nSPS) is 10.3. The lowest BCUT2D eigenvalue weighted by molar-refractivity contribution is -0.192. The number of alkyl halides is 3. The number of carbonyl (C=O) groups excluding carboxylic acids is 1. The van der Waals surface area contributed by atoms with E-state index >= 15 is 0 Å². The lowest BCUT2D eigenvalue weighted by atomic mass is 10.1. The average Bonchev–Trinajstić information content (AvgIpc) is 2.44. The minimum atomic E-state index is -5.08. The van der Waals surface area contributed by atoms with Crippen molar-refractivity contribution in [3.05, 3.63) is 29.8 Å². The number of halogens is 3. The average molecular weight is 307 g/mol. The number of benzene rings is 1. The number of ether oxygens (including phenoxy) is 1. The van der Waals surface area contributed by atoms with Gasteiger partial charge < -0.3 is 15.6 Å². The van der Waals surface area contributed by atoms with E-state index in [0.717, 1.165) is 17.7 Å². The second-order valence-electron chi connectivity index (χ2n) is 3.89. The van der Waals surface area contributed by atoms with Gasteiger partial charge in [0.2, 0.25) is 0 Å². The van der Waals surface area contributed by atoms with Gasteiger partial charge in [0.1, 0.15) is 11.5 Å². The minimum Gasteiger partial charge on any atom is -0.497 e. The fourth-order valence-electron chi connectivity index (χ4n) is 1.18. The van der Waals surface area contributed by atoms with Gasteiger partial charge in [0, 0.05) is 6.42 Å². The first-order valence-electron chi connectivity index (χ1n) is 5.85. The van der Waals surface area contributed by atoms with Crippen molar-refractivity contribution >= 4 is 11.8 Å². The first-order valence-corrected chi connectivity index (χ1v) is 5.85. The predicted molar refractivity (Wildman–Crippen MR) is 69.1 cm³/mol. The Morgan fingerprint density at radius 3 is 2.05 bits per heavy atom. The summed E-state index contributed by atoms with van der Waals surface area (Å²) in [5, 5.41) is 7.12. The van der Waals surface area contributed by atoms with Crippen molar-refractivity contribution in [3.63, 3.8) is 0 Å². The highest BCUT2D eigenvalue weighted by Gasteiger charge is 2.38. The second kappa shape index (κ2) is 8.96. The summed E-state index contributed by atoms with van der Waals surface area (Å²) in [6.07, 6.45) is -3.82. The van der Waals surface area contributed by atoms with E-state index in [4.69, 9.17) is 20.4 Å². The number of ketones is 1. The molecule has 0 unspecified atom stereocenters. The zero-order chi connectivity index (χ0) is 16.5. The maximum Gasteiger partial charge on any atom is 0.490 e. The maximum absolute atomic E-state index is 11.0. The molecule has 0 radical (unpaired) electrons. The van der Waals surface area contributed by atoms with Gasteiger partial charge in [-0.1, -0.05) is 12.1 Å². The molecule has 0 aromatic heterocycles. The number of hydrogen-bond acceptors (Lipinski definition) is 4. The van der Waals surface area contributed by atoms with Crippen LogP contribution >= 0.6 is 0 Å². The number of carbonyl (C=O) groups is 2. The molecule has 1 aromatic carbocycles. The zero-order valence-corrected chi connectivity index (χ0v) is 11.3. The van der Waals surface area contributed by atoms with Gasteiger partial charge in [0.05, 0.1) is 13.7 Å². The molecule has 0 spiro atoms. The van der Waals surface area contributed by atoms with Crippen LogP contribution in [0.5, 0.6) is 5.75 Å². The Labute approximate surface area is 119 Å². The number of rotatable bonds is 5. The molecule has 0 aliphatic rings. The molecule has 5 nitrogen and oxygen atoms in total. The number of methoxy groups -OCH3 is 1. The molecular weight excluding hydrogens is 291 g/mol. The molecule has 21 heavy (non-hydrogen) atoms. The van der Waals surface area contributed by atoms with Crippen LogP contribution in [0.25, 0.3) is 0 Å². The molecule has 0 aliphatic heterocycles. The van der Waals surface area contributed by atoms with Crippen LogP contribution in [0.2, 0.25) is 0 Å². The monoisotopic (exact) mass is 307 g/mol. The summed E-state index contributed by atoms with van der Waals surface area (Å²) in [4.78, 5) is 19.9. The third-order valence-corrected chi connectivity index (χ3v) is 2.32. The van der Waals surface area contributed by atoms with Crippen LogP contribution in [0.15, 0.2) is 24.3 Å². The number of carboxylic acid groups (broad SMARTS) is 1. The van der Waals surface area contributed by atoms with E-state index in [0.29, 0.717) is 6.42 Å².